The molecular weight excluding hydrogens is 461 g/mol. The SMILES string of the molecule is CCOC(=O)c1ccc(NC(=NCCc2c(C)nn(CC)c2C)NC(=O)c2ccc(C)c(F)c2)cc1. The Kier molecular flexibility index (Phi) is 8.94. The number of hydrogen-bond donors (Lipinski definition) is 2. The summed E-state index contributed by atoms with van der Waals surface area (Å²) in [4.78, 5) is 29.3. The highest BCUT2D eigenvalue weighted by Crippen LogP contribution is 2.15. The lowest BCUT2D eigenvalue weighted by Crippen LogP contribution is -2.36. The van der Waals surface area contributed by atoms with Crippen LogP contribution in [0.1, 0.15) is 57.1 Å². The number of carbonyl (C=O) groups is 2. The highest BCUT2D eigenvalue weighted by Gasteiger charge is 2.14. The van der Waals surface area contributed by atoms with Gasteiger partial charge in [-0.3, -0.25) is 19.8 Å². The maximum Gasteiger partial charge on any atom is 0.338 e. The number of carbonyl (C=O) groups excluding carboxylic acids is 2. The number of ether oxygens (including phenoxy) is 1. The lowest BCUT2D eigenvalue weighted by atomic mass is 10.1. The number of benzene rings is 2. The third kappa shape index (κ3) is 6.56. The zero-order chi connectivity index (χ0) is 26.2. The van der Waals surface area contributed by atoms with E-state index in [1.165, 1.54) is 6.07 Å². The average Bonchev–Trinajstić information content (AvgIpc) is 3.13. The fourth-order valence-electron chi connectivity index (χ4n) is 3.75. The van der Waals surface area contributed by atoms with Crippen LogP contribution in [0, 0.1) is 26.6 Å². The molecule has 0 saturated carbocycles. The van der Waals surface area contributed by atoms with E-state index in [1.54, 1.807) is 50.2 Å². The van der Waals surface area contributed by atoms with Crippen molar-refractivity contribution in [3.05, 3.63) is 81.9 Å². The molecule has 0 spiro atoms. The number of anilines is 1. The first-order chi connectivity index (χ1) is 17.2. The molecule has 1 amide bonds. The van der Waals surface area contributed by atoms with Crippen LogP contribution >= 0.6 is 0 Å². The molecular formula is C27H32FN5O3. The highest BCUT2D eigenvalue weighted by molar-refractivity contribution is 6.10. The third-order valence-electron chi connectivity index (χ3n) is 5.79. The molecule has 2 N–H and O–H groups in total. The van der Waals surface area contributed by atoms with Gasteiger partial charge in [0.15, 0.2) is 0 Å². The molecule has 9 heteroatoms. The van der Waals surface area contributed by atoms with Crippen LogP contribution in [0.3, 0.4) is 0 Å². The number of nitrogens with zero attached hydrogens (tertiary/aromatic N) is 3. The van der Waals surface area contributed by atoms with Crippen molar-refractivity contribution in [3.63, 3.8) is 0 Å². The molecule has 0 aliphatic carbocycles. The van der Waals surface area contributed by atoms with Crippen molar-refractivity contribution in [3.8, 4) is 0 Å². The standard InChI is InChI=1S/C27H32FN5O3/c1-6-33-19(5)23(18(4)32-33)14-15-29-27(31-25(34)21-9-8-17(3)24(28)16-21)30-22-12-10-20(11-13-22)26(35)36-7-2/h8-13,16H,6-7,14-15H2,1-5H3,(H2,29,30,31,34). The molecule has 2 aromatic carbocycles. The molecule has 36 heavy (non-hydrogen) atoms. The Labute approximate surface area is 210 Å². The van der Waals surface area contributed by atoms with Gasteiger partial charge in [0.05, 0.1) is 17.9 Å². The predicted molar refractivity (Wildman–Crippen MR) is 138 cm³/mol. The van der Waals surface area contributed by atoms with Gasteiger partial charge in [-0.1, -0.05) is 6.07 Å². The Morgan fingerprint density at radius 2 is 1.75 bits per heavy atom. The summed E-state index contributed by atoms with van der Waals surface area (Å²) >= 11 is 0. The average molecular weight is 494 g/mol. The summed E-state index contributed by atoms with van der Waals surface area (Å²) < 4.78 is 21.0. The summed E-state index contributed by atoms with van der Waals surface area (Å²) in [6.45, 7) is 10.9. The summed E-state index contributed by atoms with van der Waals surface area (Å²) in [5.41, 5.74) is 4.83. The number of aryl methyl sites for hydroxylation is 3. The van der Waals surface area contributed by atoms with Crippen LogP contribution in [0.4, 0.5) is 10.1 Å². The van der Waals surface area contributed by atoms with Gasteiger partial charge in [0.25, 0.3) is 5.91 Å². The van der Waals surface area contributed by atoms with Gasteiger partial charge < -0.3 is 10.1 Å². The van der Waals surface area contributed by atoms with E-state index in [-0.39, 0.29) is 18.1 Å². The first-order valence-electron chi connectivity index (χ1n) is 11.9. The van der Waals surface area contributed by atoms with Crippen molar-refractivity contribution in [2.24, 2.45) is 4.99 Å². The first kappa shape index (κ1) is 26.6. The monoisotopic (exact) mass is 493 g/mol. The lowest BCUT2D eigenvalue weighted by Gasteiger charge is -2.13. The minimum Gasteiger partial charge on any atom is -0.462 e. The molecule has 0 bridgehead atoms. The zero-order valence-corrected chi connectivity index (χ0v) is 21.3. The minimum absolute atomic E-state index is 0.182. The summed E-state index contributed by atoms with van der Waals surface area (Å²) in [6, 6.07) is 11.0. The highest BCUT2D eigenvalue weighted by atomic mass is 19.1. The summed E-state index contributed by atoms with van der Waals surface area (Å²) in [6.07, 6.45) is 0.639. The summed E-state index contributed by atoms with van der Waals surface area (Å²) in [5.74, 6) is -1.15. The van der Waals surface area contributed by atoms with Gasteiger partial charge in [-0.05, 0) is 88.6 Å². The third-order valence-corrected chi connectivity index (χ3v) is 5.79. The van der Waals surface area contributed by atoms with Crippen molar-refractivity contribution in [2.45, 2.75) is 47.6 Å². The zero-order valence-electron chi connectivity index (χ0n) is 21.3. The predicted octanol–water partition coefficient (Wildman–Crippen LogP) is 4.58. The van der Waals surface area contributed by atoms with Crippen molar-refractivity contribution in [1.29, 1.82) is 0 Å². The maximum atomic E-state index is 14.0. The molecule has 0 unspecified atom stereocenters. The second-order valence-electron chi connectivity index (χ2n) is 8.29. The molecule has 1 aromatic heterocycles. The smallest absolute Gasteiger partial charge is 0.338 e. The molecule has 0 atom stereocenters. The Bertz CT molecular complexity index is 1270. The van der Waals surface area contributed by atoms with Gasteiger partial charge in [-0.25, -0.2) is 9.18 Å². The van der Waals surface area contributed by atoms with Gasteiger partial charge in [-0.15, -0.1) is 0 Å². The fourth-order valence-corrected chi connectivity index (χ4v) is 3.75. The van der Waals surface area contributed by atoms with Crippen LogP contribution in [0.5, 0.6) is 0 Å². The molecule has 0 aliphatic rings. The van der Waals surface area contributed by atoms with Gasteiger partial charge in [-0.2, -0.15) is 5.10 Å². The summed E-state index contributed by atoms with van der Waals surface area (Å²) in [5, 5.41) is 10.4. The molecule has 190 valence electrons. The number of aliphatic imine (C=N–C) groups is 1. The molecule has 8 nitrogen and oxygen atoms in total. The maximum absolute atomic E-state index is 14.0. The van der Waals surface area contributed by atoms with Crippen LogP contribution in [0.25, 0.3) is 0 Å². The minimum atomic E-state index is -0.491. The van der Waals surface area contributed by atoms with Crippen LogP contribution in [0.2, 0.25) is 0 Å². The van der Waals surface area contributed by atoms with Gasteiger partial charge in [0.2, 0.25) is 5.96 Å². The van der Waals surface area contributed by atoms with E-state index in [0.29, 0.717) is 29.8 Å². The number of aromatic nitrogens is 2. The first-order valence-corrected chi connectivity index (χ1v) is 11.9. The quantitative estimate of drug-likeness (QED) is 0.272. The number of amides is 1. The molecule has 3 aromatic rings. The lowest BCUT2D eigenvalue weighted by molar-refractivity contribution is 0.0526. The van der Waals surface area contributed by atoms with Crippen LogP contribution < -0.4 is 10.6 Å². The molecule has 0 saturated heterocycles. The number of halogens is 1. The van der Waals surface area contributed by atoms with Gasteiger partial charge in [0.1, 0.15) is 5.82 Å². The number of rotatable bonds is 8. The molecule has 0 aliphatic heterocycles. The summed E-state index contributed by atoms with van der Waals surface area (Å²) in [7, 11) is 0. The van der Waals surface area contributed by atoms with Crippen LogP contribution in [-0.2, 0) is 17.7 Å². The van der Waals surface area contributed by atoms with Crippen LogP contribution in [-0.4, -0.2) is 40.8 Å². The Hall–Kier alpha value is -4.01. The molecule has 3 rings (SSSR count). The Balaban J connectivity index is 1.80. The van der Waals surface area contributed by atoms with E-state index in [2.05, 4.69) is 20.7 Å². The van der Waals surface area contributed by atoms with E-state index in [9.17, 15) is 14.0 Å². The van der Waals surface area contributed by atoms with Crippen molar-refractivity contribution in [1.82, 2.24) is 15.1 Å². The van der Waals surface area contributed by atoms with Crippen molar-refractivity contribution < 1.29 is 18.7 Å². The number of nitrogens with one attached hydrogen (secondary N) is 2. The number of esters is 1. The molecule has 1 heterocycles. The second-order valence-corrected chi connectivity index (χ2v) is 8.29. The largest absolute Gasteiger partial charge is 0.462 e. The number of guanidine groups is 1. The van der Waals surface area contributed by atoms with E-state index in [4.69, 9.17) is 4.74 Å². The normalized spacial score (nSPS) is 11.3. The van der Waals surface area contributed by atoms with Crippen molar-refractivity contribution in [2.75, 3.05) is 18.5 Å². The fraction of sp³-hybridized carbons (Fsp3) is 0.333. The van der Waals surface area contributed by atoms with E-state index < -0.39 is 17.7 Å². The Morgan fingerprint density at radius 3 is 2.36 bits per heavy atom. The Morgan fingerprint density at radius 1 is 1.06 bits per heavy atom. The van der Waals surface area contributed by atoms with Gasteiger partial charge in [0, 0.05) is 30.0 Å². The van der Waals surface area contributed by atoms with Gasteiger partial charge >= 0.3 is 5.97 Å². The topological polar surface area (TPSA) is 97.6 Å². The second kappa shape index (κ2) is 12.1. The molecule has 0 radical (unpaired) electrons. The van der Waals surface area contributed by atoms with E-state index in [1.807, 2.05) is 25.5 Å². The van der Waals surface area contributed by atoms with Crippen molar-refractivity contribution >= 4 is 23.5 Å². The van der Waals surface area contributed by atoms with Crippen LogP contribution in [0.15, 0.2) is 47.5 Å². The number of hydrogen-bond acceptors (Lipinski definition) is 5. The molecule has 0 fully saturated rings. The van der Waals surface area contributed by atoms with E-state index in [0.717, 1.165) is 23.5 Å². The van der Waals surface area contributed by atoms with E-state index >= 15 is 0 Å².